The number of nitrogens with zero attached hydrogens (tertiary/aromatic N) is 2. The highest BCUT2D eigenvalue weighted by Crippen LogP contribution is 2.25. The molecule has 2 aromatic carbocycles. The lowest BCUT2D eigenvalue weighted by molar-refractivity contribution is 0.307. The molecular formula is C23H27N3O5S. The van der Waals surface area contributed by atoms with Gasteiger partial charge in [0.1, 0.15) is 18.1 Å². The Bertz CT molecular complexity index is 1150. The predicted octanol–water partition coefficient (Wildman–Crippen LogP) is 3.53. The summed E-state index contributed by atoms with van der Waals surface area (Å²) in [4.78, 5) is 0.218. The molecule has 0 spiro atoms. The second kappa shape index (κ2) is 10.4. The SMILES string of the molecule is CCOc1ccc(-c2ccc(OCCNS(=O)(=O)c3cc(C)c(OC)cc3C)nn2)cc1. The maximum Gasteiger partial charge on any atom is 0.240 e. The number of hydrogen-bond acceptors (Lipinski definition) is 7. The second-order valence-corrected chi connectivity index (χ2v) is 8.78. The molecule has 3 rings (SSSR count). The Morgan fingerprint density at radius 2 is 1.69 bits per heavy atom. The lowest BCUT2D eigenvalue weighted by Gasteiger charge is -2.13. The zero-order valence-corrected chi connectivity index (χ0v) is 19.4. The molecule has 0 atom stereocenters. The van der Waals surface area contributed by atoms with Crippen molar-refractivity contribution >= 4 is 10.0 Å². The number of sulfonamides is 1. The van der Waals surface area contributed by atoms with Gasteiger partial charge in [0.15, 0.2) is 0 Å². The van der Waals surface area contributed by atoms with Gasteiger partial charge in [-0.1, -0.05) is 0 Å². The molecule has 0 aliphatic carbocycles. The van der Waals surface area contributed by atoms with Crippen molar-refractivity contribution in [3.63, 3.8) is 0 Å². The van der Waals surface area contributed by atoms with Crippen LogP contribution >= 0.6 is 0 Å². The number of aryl methyl sites for hydroxylation is 2. The van der Waals surface area contributed by atoms with Crippen molar-refractivity contribution in [3.05, 3.63) is 59.7 Å². The normalized spacial score (nSPS) is 11.2. The third kappa shape index (κ3) is 5.74. The Balaban J connectivity index is 1.55. The van der Waals surface area contributed by atoms with Crippen molar-refractivity contribution < 1.29 is 22.6 Å². The Morgan fingerprint density at radius 3 is 2.31 bits per heavy atom. The molecule has 0 aliphatic heterocycles. The van der Waals surface area contributed by atoms with Crippen molar-refractivity contribution in [2.45, 2.75) is 25.7 Å². The summed E-state index contributed by atoms with van der Waals surface area (Å²) in [5.41, 5.74) is 2.96. The van der Waals surface area contributed by atoms with Gasteiger partial charge in [0, 0.05) is 18.2 Å². The first-order valence-corrected chi connectivity index (χ1v) is 11.7. The summed E-state index contributed by atoms with van der Waals surface area (Å²) in [7, 11) is -2.12. The van der Waals surface area contributed by atoms with Gasteiger partial charge in [-0.3, -0.25) is 0 Å². The third-order valence-corrected chi connectivity index (χ3v) is 6.33. The van der Waals surface area contributed by atoms with Crippen LogP contribution in [0.5, 0.6) is 17.4 Å². The molecule has 0 aliphatic rings. The highest BCUT2D eigenvalue weighted by Gasteiger charge is 2.18. The van der Waals surface area contributed by atoms with Crippen LogP contribution in [-0.2, 0) is 10.0 Å². The zero-order chi connectivity index (χ0) is 23.1. The number of nitrogens with one attached hydrogen (secondary N) is 1. The van der Waals surface area contributed by atoms with Crippen molar-refractivity contribution in [2.24, 2.45) is 0 Å². The van der Waals surface area contributed by atoms with Gasteiger partial charge in [-0.15, -0.1) is 10.2 Å². The number of hydrogen-bond donors (Lipinski definition) is 1. The van der Waals surface area contributed by atoms with Crippen LogP contribution in [0.15, 0.2) is 53.4 Å². The Labute approximate surface area is 188 Å². The first-order chi connectivity index (χ1) is 15.3. The molecular weight excluding hydrogens is 430 g/mol. The number of rotatable bonds is 10. The van der Waals surface area contributed by atoms with Crippen LogP contribution in [0.1, 0.15) is 18.1 Å². The summed E-state index contributed by atoms with van der Waals surface area (Å²) < 4.78 is 44.0. The van der Waals surface area contributed by atoms with E-state index in [9.17, 15) is 8.42 Å². The first-order valence-electron chi connectivity index (χ1n) is 10.2. The maximum atomic E-state index is 12.6. The monoisotopic (exact) mass is 457 g/mol. The lowest BCUT2D eigenvalue weighted by atomic mass is 10.1. The van der Waals surface area contributed by atoms with E-state index in [4.69, 9.17) is 14.2 Å². The summed E-state index contributed by atoms with van der Waals surface area (Å²) in [6.07, 6.45) is 0. The largest absolute Gasteiger partial charge is 0.496 e. The van der Waals surface area contributed by atoms with E-state index >= 15 is 0 Å². The van der Waals surface area contributed by atoms with E-state index in [0.717, 1.165) is 16.9 Å². The maximum absolute atomic E-state index is 12.6. The van der Waals surface area contributed by atoms with E-state index in [0.29, 0.717) is 29.5 Å². The van der Waals surface area contributed by atoms with E-state index in [1.54, 1.807) is 45.2 Å². The molecule has 0 amide bonds. The van der Waals surface area contributed by atoms with E-state index < -0.39 is 10.0 Å². The topological polar surface area (TPSA) is 99.6 Å². The van der Waals surface area contributed by atoms with Crippen molar-refractivity contribution in [1.29, 1.82) is 0 Å². The van der Waals surface area contributed by atoms with Gasteiger partial charge < -0.3 is 14.2 Å². The third-order valence-electron chi connectivity index (χ3n) is 4.73. The number of ether oxygens (including phenoxy) is 3. The lowest BCUT2D eigenvalue weighted by Crippen LogP contribution is -2.29. The van der Waals surface area contributed by atoms with Crippen LogP contribution < -0.4 is 18.9 Å². The van der Waals surface area contributed by atoms with E-state index in [1.807, 2.05) is 31.2 Å². The van der Waals surface area contributed by atoms with Crippen LogP contribution in [0.4, 0.5) is 0 Å². The Hall–Kier alpha value is -3.17. The van der Waals surface area contributed by atoms with Crippen LogP contribution in [0, 0.1) is 13.8 Å². The summed E-state index contributed by atoms with van der Waals surface area (Å²) in [5, 5.41) is 8.23. The van der Waals surface area contributed by atoms with E-state index in [-0.39, 0.29) is 18.0 Å². The molecule has 170 valence electrons. The fourth-order valence-electron chi connectivity index (χ4n) is 3.12. The van der Waals surface area contributed by atoms with Crippen molar-refractivity contribution in [1.82, 2.24) is 14.9 Å². The van der Waals surface area contributed by atoms with Gasteiger partial charge in [0.25, 0.3) is 0 Å². The smallest absolute Gasteiger partial charge is 0.240 e. The standard InChI is InChI=1S/C23H27N3O5S/c1-5-30-19-8-6-18(7-9-19)20-10-11-23(26-25-20)31-13-12-24-32(27,28)22-15-16(2)21(29-4)14-17(22)3/h6-11,14-15,24H,5,12-13H2,1-4H3. The van der Waals surface area contributed by atoms with Gasteiger partial charge in [0.05, 0.1) is 24.3 Å². The summed E-state index contributed by atoms with van der Waals surface area (Å²) in [5.74, 6) is 1.76. The molecule has 1 aromatic heterocycles. The average Bonchev–Trinajstić information content (AvgIpc) is 2.79. The summed E-state index contributed by atoms with van der Waals surface area (Å²) in [6.45, 7) is 6.29. The van der Waals surface area contributed by atoms with Gasteiger partial charge in [-0.05, 0) is 74.4 Å². The number of aromatic nitrogens is 2. The number of benzene rings is 2. The summed E-state index contributed by atoms with van der Waals surface area (Å²) >= 11 is 0. The highest BCUT2D eigenvalue weighted by molar-refractivity contribution is 7.89. The quantitative estimate of drug-likeness (QED) is 0.465. The van der Waals surface area contributed by atoms with Gasteiger partial charge in [-0.25, -0.2) is 13.1 Å². The molecule has 0 saturated carbocycles. The fraction of sp³-hybridized carbons (Fsp3) is 0.304. The van der Waals surface area contributed by atoms with E-state index in [1.165, 1.54) is 0 Å². The second-order valence-electron chi connectivity index (χ2n) is 7.05. The molecule has 1 heterocycles. The molecule has 0 radical (unpaired) electrons. The molecule has 9 heteroatoms. The molecule has 0 unspecified atom stereocenters. The van der Waals surface area contributed by atoms with Gasteiger partial charge >= 0.3 is 0 Å². The Morgan fingerprint density at radius 1 is 0.938 bits per heavy atom. The van der Waals surface area contributed by atoms with Crippen LogP contribution in [-0.4, -0.2) is 45.5 Å². The predicted molar refractivity (Wildman–Crippen MR) is 122 cm³/mol. The minimum atomic E-state index is -3.68. The molecule has 0 fully saturated rings. The molecule has 3 aromatic rings. The van der Waals surface area contributed by atoms with Crippen molar-refractivity contribution in [2.75, 3.05) is 26.9 Å². The van der Waals surface area contributed by atoms with Crippen LogP contribution in [0.2, 0.25) is 0 Å². The van der Waals surface area contributed by atoms with Crippen LogP contribution in [0.25, 0.3) is 11.3 Å². The zero-order valence-electron chi connectivity index (χ0n) is 18.6. The minimum Gasteiger partial charge on any atom is -0.496 e. The molecule has 8 nitrogen and oxygen atoms in total. The van der Waals surface area contributed by atoms with Crippen molar-refractivity contribution in [3.8, 4) is 28.6 Å². The highest BCUT2D eigenvalue weighted by atomic mass is 32.2. The van der Waals surface area contributed by atoms with E-state index in [2.05, 4.69) is 14.9 Å². The summed E-state index contributed by atoms with van der Waals surface area (Å²) in [6, 6.07) is 14.4. The molecule has 32 heavy (non-hydrogen) atoms. The first kappa shape index (κ1) is 23.5. The molecule has 0 saturated heterocycles. The molecule has 1 N–H and O–H groups in total. The van der Waals surface area contributed by atoms with Gasteiger partial charge in [-0.2, -0.15) is 0 Å². The minimum absolute atomic E-state index is 0.0924. The van der Waals surface area contributed by atoms with Crippen LogP contribution in [0.3, 0.4) is 0 Å². The average molecular weight is 458 g/mol. The van der Waals surface area contributed by atoms with Gasteiger partial charge in [0.2, 0.25) is 15.9 Å². The fourth-order valence-corrected chi connectivity index (χ4v) is 4.44. The Kier molecular flexibility index (Phi) is 7.66. The molecule has 0 bridgehead atoms. The number of methoxy groups -OCH3 is 1.